The molecule has 88 valence electrons. The van der Waals surface area contributed by atoms with Gasteiger partial charge in [-0.25, -0.2) is 4.68 Å². The first-order valence-corrected chi connectivity index (χ1v) is 5.96. The second-order valence-corrected chi connectivity index (χ2v) is 4.35. The van der Waals surface area contributed by atoms with Gasteiger partial charge in [0.25, 0.3) is 0 Å². The predicted molar refractivity (Wildman–Crippen MR) is 63.7 cm³/mol. The summed E-state index contributed by atoms with van der Waals surface area (Å²) in [5, 5.41) is 8.33. The van der Waals surface area contributed by atoms with Crippen molar-refractivity contribution in [2.75, 3.05) is 13.1 Å². The van der Waals surface area contributed by atoms with E-state index in [1.165, 1.54) is 25.9 Å². The molecule has 0 unspecified atom stereocenters. The molecule has 2 aromatic rings. The van der Waals surface area contributed by atoms with Crippen molar-refractivity contribution in [3.63, 3.8) is 0 Å². The largest absolute Gasteiger partial charge is 0.297 e. The lowest BCUT2D eigenvalue weighted by Gasteiger charge is -2.11. The minimum atomic E-state index is 0.903. The Hall–Kier alpha value is -1.75. The lowest BCUT2D eigenvalue weighted by molar-refractivity contribution is 0.327. The van der Waals surface area contributed by atoms with Crippen LogP contribution in [0.2, 0.25) is 0 Å². The normalized spacial score (nSPS) is 16.5. The fourth-order valence-corrected chi connectivity index (χ4v) is 2.16. The van der Waals surface area contributed by atoms with Gasteiger partial charge in [0, 0.05) is 12.7 Å². The van der Waals surface area contributed by atoms with Crippen molar-refractivity contribution in [1.82, 2.24) is 24.9 Å². The Bertz CT molecular complexity index is 473. The average molecular weight is 229 g/mol. The molecule has 2 aromatic heterocycles. The SMILES string of the molecule is c1cncc(-n2cc(CN3CCCC3)nn2)c1. The maximum atomic E-state index is 4.20. The summed E-state index contributed by atoms with van der Waals surface area (Å²) in [6, 6.07) is 3.87. The summed E-state index contributed by atoms with van der Waals surface area (Å²) in [6.45, 7) is 3.26. The number of pyridine rings is 1. The minimum Gasteiger partial charge on any atom is -0.297 e. The maximum Gasteiger partial charge on any atom is 0.0971 e. The average Bonchev–Trinajstić information content (AvgIpc) is 3.02. The Morgan fingerprint density at radius 1 is 1.24 bits per heavy atom. The Kier molecular flexibility index (Phi) is 2.83. The van der Waals surface area contributed by atoms with Gasteiger partial charge in [0.2, 0.25) is 0 Å². The lowest BCUT2D eigenvalue weighted by atomic mass is 10.4. The Labute approximate surface area is 100 Å². The van der Waals surface area contributed by atoms with Crippen LogP contribution in [0.15, 0.2) is 30.7 Å². The number of rotatable bonds is 3. The van der Waals surface area contributed by atoms with Crippen molar-refractivity contribution in [3.05, 3.63) is 36.4 Å². The van der Waals surface area contributed by atoms with E-state index in [0.29, 0.717) is 0 Å². The molecule has 0 spiro atoms. The summed E-state index contributed by atoms with van der Waals surface area (Å²) >= 11 is 0. The topological polar surface area (TPSA) is 46.8 Å². The molecule has 1 aliphatic rings. The molecule has 17 heavy (non-hydrogen) atoms. The van der Waals surface area contributed by atoms with Crippen molar-refractivity contribution in [2.45, 2.75) is 19.4 Å². The zero-order valence-electron chi connectivity index (χ0n) is 9.66. The number of hydrogen-bond donors (Lipinski definition) is 0. The van der Waals surface area contributed by atoms with Gasteiger partial charge in [-0.05, 0) is 38.1 Å². The van der Waals surface area contributed by atoms with Gasteiger partial charge in [0.1, 0.15) is 0 Å². The highest BCUT2D eigenvalue weighted by Crippen LogP contribution is 2.11. The van der Waals surface area contributed by atoms with Gasteiger partial charge in [-0.3, -0.25) is 9.88 Å². The van der Waals surface area contributed by atoms with E-state index < -0.39 is 0 Å². The van der Waals surface area contributed by atoms with Crippen molar-refractivity contribution in [2.24, 2.45) is 0 Å². The van der Waals surface area contributed by atoms with Gasteiger partial charge in [0.05, 0.1) is 23.8 Å². The number of hydrogen-bond acceptors (Lipinski definition) is 4. The summed E-state index contributed by atoms with van der Waals surface area (Å²) in [4.78, 5) is 6.49. The molecule has 0 aromatic carbocycles. The third kappa shape index (κ3) is 2.34. The fraction of sp³-hybridized carbons (Fsp3) is 0.417. The van der Waals surface area contributed by atoms with E-state index >= 15 is 0 Å². The van der Waals surface area contributed by atoms with Gasteiger partial charge in [-0.2, -0.15) is 0 Å². The second kappa shape index (κ2) is 4.63. The van der Waals surface area contributed by atoms with Crippen LogP contribution >= 0.6 is 0 Å². The van der Waals surface area contributed by atoms with Crippen molar-refractivity contribution in [1.29, 1.82) is 0 Å². The quantitative estimate of drug-likeness (QED) is 0.795. The second-order valence-electron chi connectivity index (χ2n) is 4.35. The van der Waals surface area contributed by atoms with Gasteiger partial charge in [-0.1, -0.05) is 5.21 Å². The molecule has 1 aliphatic heterocycles. The third-order valence-electron chi connectivity index (χ3n) is 3.04. The summed E-state index contributed by atoms with van der Waals surface area (Å²) in [5.74, 6) is 0. The Morgan fingerprint density at radius 3 is 2.88 bits per heavy atom. The highest BCUT2D eigenvalue weighted by atomic mass is 15.4. The minimum absolute atomic E-state index is 0.903. The number of nitrogens with zero attached hydrogens (tertiary/aromatic N) is 5. The van der Waals surface area contributed by atoms with Crippen LogP contribution < -0.4 is 0 Å². The number of likely N-dealkylation sites (tertiary alicyclic amines) is 1. The molecule has 0 radical (unpaired) electrons. The molecular weight excluding hydrogens is 214 g/mol. The predicted octanol–water partition coefficient (Wildman–Crippen LogP) is 1.26. The van der Waals surface area contributed by atoms with Gasteiger partial charge in [0.15, 0.2) is 0 Å². The summed E-state index contributed by atoms with van der Waals surface area (Å²) in [5.41, 5.74) is 1.98. The van der Waals surface area contributed by atoms with E-state index in [2.05, 4.69) is 20.2 Å². The highest BCUT2D eigenvalue weighted by molar-refractivity contribution is 5.26. The molecule has 1 fully saturated rings. The van der Waals surface area contributed by atoms with E-state index in [9.17, 15) is 0 Å². The van der Waals surface area contributed by atoms with Crippen molar-refractivity contribution >= 4 is 0 Å². The highest BCUT2D eigenvalue weighted by Gasteiger charge is 2.13. The first kappa shape index (κ1) is 10.4. The Morgan fingerprint density at radius 2 is 2.12 bits per heavy atom. The first-order valence-electron chi connectivity index (χ1n) is 5.96. The molecule has 0 saturated carbocycles. The molecule has 0 atom stereocenters. The van der Waals surface area contributed by atoms with Crippen LogP contribution in [0.3, 0.4) is 0 Å². The molecule has 3 rings (SSSR count). The first-order chi connectivity index (χ1) is 8.42. The van der Waals surface area contributed by atoms with Crippen molar-refractivity contribution < 1.29 is 0 Å². The zero-order valence-corrected chi connectivity index (χ0v) is 9.66. The van der Waals surface area contributed by atoms with Crippen molar-refractivity contribution in [3.8, 4) is 5.69 Å². The summed E-state index contributed by atoms with van der Waals surface area (Å²) in [6.07, 6.45) is 8.13. The molecule has 5 nitrogen and oxygen atoms in total. The van der Waals surface area contributed by atoms with E-state index in [-0.39, 0.29) is 0 Å². The lowest BCUT2D eigenvalue weighted by Crippen LogP contribution is -2.18. The van der Waals surface area contributed by atoms with Crippen LogP contribution in [-0.2, 0) is 6.54 Å². The van der Waals surface area contributed by atoms with Crippen LogP contribution in [0.5, 0.6) is 0 Å². The fourth-order valence-electron chi connectivity index (χ4n) is 2.16. The van der Waals surface area contributed by atoms with E-state index in [1.54, 1.807) is 17.1 Å². The Balaban J connectivity index is 1.74. The maximum absolute atomic E-state index is 4.20. The zero-order chi connectivity index (χ0) is 11.5. The molecular formula is C12H15N5. The molecule has 0 aliphatic carbocycles. The van der Waals surface area contributed by atoms with Crippen LogP contribution in [0.1, 0.15) is 18.5 Å². The monoisotopic (exact) mass is 229 g/mol. The summed E-state index contributed by atoms with van der Waals surface area (Å²) in [7, 11) is 0. The molecule has 1 saturated heterocycles. The molecule has 5 heteroatoms. The van der Waals surface area contributed by atoms with Gasteiger partial charge < -0.3 is 0 Å². The molecule has 3 heterocycles. The molecule has 0 bridgehead atoms. The smallest absolute Gasteiger partial charge is 0.0971 e. The van der Waals surface area contributed by atoms with Gasteiger partial charge in [-0.15, -0.1) is 5.10 Å². The van der Waals surface area contributed by atoms with E-state index in [0.717, 1.165) is 17.9 Å². The van der Waals surface area contributed by atoms with Crippen LogP contribution in [0, 0.1) is 0 Å². The van der Waals surface area contributed by atoms with E-state index in [1.807, 2.05) is 18.3 Å². The van der Waals surface area contributed by atoms with Crippen LogP contribution in [-0.4, -0.2) is 38.0 Å². The molecule has 0 N–H and O–H groups in total. The number of aromatic nitrogens is 4. The van der Waals surface area contributed by atoms with Gasteiger partial charge >= 0.3 is 0 Å². The van der Waals surface area contributed by atoms with E-state index in [4.69, 9.17) is 0 Å². The molecule has 0 amide bonds. The van der Waals surface area contributed by atoms with Crippen LogP contribution in [0.25, 0.3) is 5.69 Å². The standard InChI is InChI=1S/C12H15N5/c1-2-7-16(6-1)9-11-10-17(15-14-11)12-4-3-5-13-8-12/h3-5,8,10H,1-2,6-7,9H2. The third-order valence-corrected chi connectivity index (χ3v) is 3.04. The van der Waals surface area contributed by atoms with Crippen LogP contribution in [0.4, 0.5) is 0 Å². The summed E-state index contributed by atoms with van der Waals surface area (Å²) < 4.78 is 1.78.